The highest BCUT2D eigenvalue weighted by atomic mass is 35.5. The second-order valence-electron chi connectivity index (χ2n) is 8.36. The number of piperidine rings is 1. The van der Waals surface area contributed by atoms with Crippen molar-refractivity contribution in [1.29, 1.82) is 0 Å². The van der Waals surface area contributed by atoms with Crippen LogP contribution in [0.15, 0.2) is 11.4 Å². The lowest BCUT2D eigenvalue weighted by molar-refractivity contribution is 0.0194. The van der Waals surface area contributed by atoms with Crippen LogP contribution in [0.4, 0.5) is 14.9 Å². The van der Waals surface area contributed by atoms with Crippen molar-refractivity contribution in [2.75, 3.05) is 30.3 Å². The van der Waals surface area contributed by atoms with Crippen molar-refractivity contribution in [1.82, 2.24) is 9.88 Å². The summed E-state index contributed by atoms with van der Waals surface area (Å²) >= 11 is 9.22. The fraction of sp³-hybridized carbons (Fsp3) is 0.579. The fourth-order valence-corrected chi connectivity index (χ4v) is 6.07. The van der Waals surface area contributed by atoms with Gasteiger partial charge in [0, 0.05) is 31.1 Å². The summed E-state index contributed by atoms with van der Waals surface area (Å²) in [4.78, 5) is 22.5. The first-order valence-corrected chi connectivity index (χ1v) is 11.5. The molecule has 0 spiro atoms. The lowest BCUT2D eigenvalue weighted by Crippen LogP contribution is -2.48. The zero-order valence-corrected chi connectivity index (χ0v) is 18.7. The molecule has 2 unspecified atom stereocenters. The van der Waals surface area contributed by atoms with Crippen LogP contribution < -0.4 is 10.6 Å². The van der Waals surface area contributed by atoms with Gasteiger partial charge < -0.3 is 20.3 Å². The number of fused-ring (bicyclic) bond motifs is 1. The molecule has 2 aliphatic heterocycles. The minimum atomic E-state index is -0.465. The topological polar surface area (TPSA) is 71.7 Å². The summed E-state index contributed by atoms with van der Waals surface area (Å²) in [6.07, 6.45) is 1.73. The Morgan fingerprint density at radius 3 is 2.82 bits per heavy atom. The number of thiophene rings is 1. The molecule has 4 heterocycles. The Morgan fingerprint density at radius 2 is 2.14 bits per heavy atom. The number of nitrogens with zero attached hydrogens (tertiary/aromatic N) is 3. The number of halogens is 1. The Labute approximate surface area is 178 Å². The number of carbonyl (C=O) groups is 1. The van der Waals surface area contributed by atoms with Gasteiger partial charge in [0.25, 0.3) is 0 Å². The van der Waals surface area contributed by atoms with Gasteiger partial charge in [-0.15, -0.1) is 11.3 Å². The van der Waals surface area contributed by atoms with E-state index in [1.807, 2.05) is 37.1 Å². The quantitative estimate of drug-likeness (QED) is 0.715. The lowest BCUT2D eigenvalue weighted by atomic mass is 9.93. The lowest BCUT2D eigenvalue weighted by Gasteiger charge is -2.38. The second kappa shape index (κ2) is 7.39. The van der Waals surface area contributed by atoms with Gasteiger partial charge >= 0.3 is 6.09 Å². The fourth-order valence-electron chi connectivity index (χ4n) is 4.06. The third-order valence-corrected chi connectivity index (χ3v) is 7.41. The number of rotatable bonds is 2. The maximum absolute atomic E-state index is 12.6. The Bertz CT molecular complexity index is 876. The van der Waals surface area contributed by atoms with E-state index >= 15 is 0 Å². The molecule has 2 aromatic heterocycles. The van der Waals surface area contributed by atoms with Gasteiger partial charge in [-0.1, -0.05) is 22.9 Å². The summed E-state index contributed by atoms with van der Waals surface area (Å²) in [5.74, 6) is 0.435. The van der Waals surface area contributed by atoms with Crippen LogP contribution in [-0.2, 0) is 4.74 Å². The first-order chi connectivity index (χ1) is 13.2. The molecule has 28 heavy (non-hydrogen) atoms. The molecule has 2 aliphatic rings. The smallest absolute Gasteiger partial charge is 0.410 e. The number of ether oxygens (including phenoxy) is 1. The molecule has 2 atom stereocenters. The number of aromatic nitrogens is 1. The van der Waals surface area contributed by atoms with Crippen molar-refractivity contribution in [3.8, 4) is 10.6 Å². The summed E-state index contributed by atoms with van der Waals surface area (Å²) in [5.41, 5.74) is 6.49. The van der Waals surface area contributed by atoms with E-state index in [2.05, 4.69) is 9.88 Å². The van der Waals surface area contributed by atoms with E-state index in [0.29, 0.717) is 11.0 Å². The van der Waals surface area contributed by atoms with Crippen LogP contribution in [-0.4, -0.2) is 47.3 Å². The van der Waals surface area contributed by atoms with Gasteiger partial charge in [-0.05, 0) is 45.6 Å². The molecule has 2 aromatic rings. The highest BCUT2D eigenvalue weighted by molar-refractivity contribution is 7.20. The number of hydrogen-bond donors (Lipinski definition) is 1. The van der Waals surface area contributed by atoms with Crippen molar-refractivity contribution in [3.05, 3.63) is 16.5 Å². The molecule has 1 amide bonds. The van der Waals surface area contributed by atoms with Crippen LogP contribution in [0, 0.1) is 5.92 Å². The normalized spacial score (nSPS) is 22.4. The molecule has 6 nitrogen and oxygen atoms in total. The van der Waals surface area contributed by atoms with E-state index in [4.69, 9.17) is 22.1 Å². The molecule has 0 saturated carbocycles. The van der Waals surface area contributed by atoms with Crippen LogP contribution in [0.3, 0.4) is 0 Å². The third-order valence-electron chi connectivity index (χ3n) is 5.18. The molecule has 2 fully saturated rings. The van der Waals surface area contributed by atoms with E-state index in [1.165, 1.54) is 11.3 Å². The van der Waals surface area contributed by atoms with E-state index in [1.54, 1.807) is 11.3 Å². The summed E-state index contributed by atoms with van der Waals surface area (Å²) in [6, 6.07) is 2.19. The van der Waals surface area contributed by atoms with Gasteiger partial charge in [-0.3, -0.25) is 0 Å². The Balaban J connectivity index is 1.50. The zero-order valence-electron chi connectivity index (χ0n) is 16.3. The molecule has 0 bridgehead atoms. The SMILES string of the molecule is CC(C)(C)OC(=O)N1CCC2CN(c3sc(N)nc3-c3cc(Cl)cs3)CCC21. The van der Waals surface area contributed by atoms with E-state index < -0.39 is 5.60 Å². The Hall–Kier alpha value is -1.51. The van der Waals surface area contributed by atoms with Crippen LogP contribution in [0.2, 0.25) is 5.02 Å². The third kappa shape index (κ3) is 3.95. The summed E-state index contributed by atoms with van der Waals surface area (Å²) in [6.45, 7) is 8.26. The maximum atomic E-state index is 12.6. The average Bonchev–Trinajstić information content (AvgIpc) is 3.30. The summed E-state index contributed by atoms with van der Waals surface area (Å²) in [7, 11) is 0. The molecular formula is C19H25ClN4O2S2. The minimum Gasteiger partial charge on any atom is -0.444 e. The minimum absolute atomic E-state index is 0.190. The van der Waals surface area contributed by atoms with E-state index in [0.717, 1.165) is 53.1 Å². The zero-order chi connectivity index (χ0) is 20.1. The number of hydrogen-bond acceptors (Lipinski definition) is 7. The number of likely N-dealkylation sites (tertiary alicyclic amines) is 1. The number of anilines is 2. The first kappa shape index (κ1) is 19.8. The van der Waals surface area contributed by atoms with Gasteiger partial charge in [0.05, 0.1) is 9.90 Å². The predicted molar refractivity (Wildman–Crippen MR) is 117 cm³/mol. The number of nitrogen functional groups attached to an aromatic ring is 1. The standard InChI is InChI=1S/C19H25ClN4O2S2/c1-19(2,3)26-18(25)24-7-4-11-9-23(6-5-13(11)24)16-15(22-17(21)28-16)14-8-12(20)10-27-14/h8,10-11,13H,4-7,9H2,1-3H3,(H2,21,22). The van der Waals surface area contributed by atoms with Crippen LogP contribution >= 0.6 is 34.3 Å². The monoisotopic (exact) mass is 440 g/mol. The molecule has 152 valence electrons. The molecule has 0 aliphatic carbocycles. The highest BCUT2D eigenvalue weighted by Crippen LogP contribution is 2.43. The van der Waals surface area contributed by atoms with Crippen LogP contribution in [0.25, 0.3) is 10.6 Å². The van der Waals surface area contributed by atoms with Gasteiger partial charge in [0.1, 0.15) is 16.3 Å². The van der Waals surface area contributed by atoms with E-state index in [9.17, 15) is 4.79 Å². The molecule has 2 saturated heterocycles. The van der Waals surface area contributed by atoms with Crippen molar-refractivity contribution < 1.29 is 9.53 Å². The van der Waals surface area contributed by atoms with E-state index in [-0.39, 0.29) is 12.1 Å². The first-order valence-electron chi connectivity index (χ1n) is 9.46. The largest absolute Gasteiger partial charge is 0.444 e. The van der Waals surface area contributed by atoms with Gasteiger partial charge in [-0.25, -0.2) is 9.78 Å². The van der Waals surface area contributed by atoms with Crippen molar-refractivity contribution in [3.63, 3.8) is 0 Å². The van der Waals surface area contributed by atoms with Crippen molar-refractivity contribution in [2.24, 2.45) is 5.92 Å². The second-order valence-corrected chi connectivity index (χ2v) is 10.7. The van der Waals surface area contributed by atoms with Crippen molar-refractivity contribution in [2.45, 2.75) is 45.3 Å². The van der Waals surface area contributed by atoms with Crippen LogP contribution in [0.5, 0.6) is 0 Å². The Kier molecular flexibility index (Phi) is 5.22. The summed E-state index contributed by atoms with van der Waals surface area (Å²) < 4.78 is 5.60. The highest BCUT2D eigenvalue weighted by Gasteiger charge is 2.42. The average molecular weight is 441 g/mol. The maximum Gasteiger partial charge on any atom is 0.410 e. The predicted octanol–water partition coefficient (Wildman–Crippen LogP) is 4.94. The van der Waals surface area contributed by atoms with Gasteiger partial charge in [0.2, 0.25) is 0 Å². The molecular weight excluding hydrogens is 416 g/mol. The Morgan fingerprint density at radius 1 is 1.36 bits per heavy atom. The van der Waals surface area contributed by atoms with Crippen LogP contribution in [0.1, 0.15) is 33.6 Å². The molecule has 4 rings (SSSR count). The summed E-state index contributed by atoms with van der Waals surface area (Å²) in [5, 5.41) is 4.31. The van der Waals surface area contributed by atoms with Crippen molar-refractivity contribution >= 4 is 50.5 Å². The number of amides is 1. The van der Waals surface area contributed by atoms with Gasteiger partial charge in [-0.2, -0.15) is 0 Å². The van der Waals surface area contributed by atoms with Gasteiger partial charge in [0.15, 0.2) is 5.13 Å². The molecule has 0 aromatic carbocycles. The number of thiazole rings is 1. The molecule has 2 N–H and O–H groups in total. The molecule has 0 radical (unpaired) electrons. The number of nitrogens with two attached hydrogens (primary N) is 1. The number of carbonyl (C=O) groups excluding carboxylic acids is 1. The molecule has 9 heteroatoms.